The Kier molecular flexibility index (Phi) is 3.36. The first-order valence-electron chi connectivity index (χ1n) is 6.44. The molecule has 1 aliphatic carbocycles. The van der Waals surface area contributed by atoms with Crippen molar-refractivity contribution < 1.29 is 4.74 Å². The lowest BCUT2D eigenvalue weighted by molar-refractivity contribution is 0.0263. The zero-order valence-corrected chi connectivity index (χ0v) is 10.2. The normalized spacial score (nSPS) is 37.8. The summed E-state index contributed by atoms with van der Waals surface area (Å²) in [4.78, 5) is 0. The highest BCUT2D eigenvalue weighted by Gasteiger charge is 2.40. The van der Waals surface area contributed by atoms with Crippen molar-refractivity contribution in [2.24, 2.45) is 23.0 Å². The van der Waals surface area contributed by atoms with Crippen molar-refractivity contribution in [3.63, 3.8) is 0 Å². The number of rotatable bonds is 2. The fourth-order valence-corrected chi connectivity index (χ4v) is 3.46. The first-order valence-corrected chi connectivity index (χ1v) is 6.44. The molecule has 3 atom stereocenters. The minimum absolute atomic E-state index is 0.364. The molecule has 0 spiro atoms. The largest absolute Gasteiger partial charge is 0.381 e. The lowest BCUT2D eigenvalue weighted by atomic mass is 9.73. The van der Waals surface area contributed by atoms with E-state index in [1.165, 1.54) is 32.1 Å². The number of hydrogen-bond acceptors (Lipinski definition) is 2. The summed E-state index contributed by atoms with van der Waals surface area (Å²) >= 11 is 0. The van der Waals surface area contributed by atoms with Crippen LogP contribution in [-0.4, -0.2) is 19.3 Å². The van der Waals surface area contributed by atoms with Gasteiger partial charge in [0.15, 0.2) is 0 Å². The average molecular weight is 211 g/mol. The Morgan fingerprint density at radius 3 is 2.60 bits per heavy atom. The van der Waals surface area contributed by atoms with Gasteiger partial charge in [0.05, 0.1) is 6.61 Å². The van der Waals surface area contributed by atoms with Crippen molar-refractivity contribution in [3.05, 3.63) is 0 Å². The van der Waals surface area contributed by atoms with Crippen molar-refractivity contribution in [3.8, 4) is 0 Å². The maximum atomic E-state index is 6.45. The van der Waals surface area contributed by atoms with Crippen LogP contribution >= 0.6 is 0 Å². The average Bonchev–Trinajstić information content (AvgIpc) is 2.58. The molecule has 3 unspecified atom stereocenters. The Morgan fingerprint density at radius 2 is 2.07 bits per heavy atom. The first kappa shape index (κ1) is 11.4. The van der Waals surface area contributed by atoms with Gasteiger partial charge < -0.3 is 10.5 Å². The van der Waals surface area contributed by atoms with Crippen LogP contribution < -0.4 is 5.73 Å². The van der Waals surface area contributed by atoms with Crippen molar-refractivity contribution in [1.29, 1.82) is 0 Å². The van der Waals surface area contributed by atoms with Crippen LogP contribution in [0.2, 0.25) is 0 Å². The molecular weight excluding hydrogens is 186 g/mol. The van der Waals surface area contributed by atoms with E-state index in [4.69, 9.17) is 10.5 Å². The van der Waals surface area contributed by atoms with E-state index in [1.807, 2.05) is 0 Å². The van der Waals surface area contributed by atoms with E-state index in [0.717, 1.165) is 13.2 Å². The van der Waals surface area contributed by atoms with E-state index >= 15 is 0 Å². The topological polar surface area (TPSA) is 35.2 Å². The highest BCUT2D eigenvalue weighted by molar-refractivity contribution is 4.93. The standard InChI is InChI=1S/C13H25NO/c1-13(2)7-3-6-11(13)12(14)10-5-4-8-15-9-10/h10-12H,3-9,14H2,1-2H3. The molecule has 0 bridgehead atoms. The molecule has 2 heteroatoms. The van der Waals surface area contributed by atoms with Crippen LogP contribution in [0.3, 0.4) is 0 Å². The molecule has 0 aromatic heterocycles. The fourth-order valence-electron chi connectivity index (χ4n) is 3.46. The third-order valence-corrected chi connectivity index (χ3v) is 4.54. The SMILES string of the molecule is CC1(C)CCCC1C(N)C1CCCOC1. The van der Waals surface area contributed by atoms with Crippen molar-refractivity contribution >= 4 is 0 Å². The molecule has 2 nitrogen and oxygen atoms in total. The van der Waals surface area contributed by atoms with Gasteiger partial charge in [-0.2, -0.15) is 0 Å². The summed E-state index contributed by atoms with van der Waals surface area (Å²) in [5.74, 6) is 1.32. The monoisotopic (exact) mass is 211 g/mol. The Hall–Kier alpha value is -0.0800. The first-order chi connectivity index (χ1) is 7.11. The van der Waals surface area contributed by atoms with Crippen LogP contribution in [-0.2, 0) is 4.74 Å². The molecule has 1 saturated heterocycles. The Bertz CT molecular complexity index is 209. The van der Waals surface area contributed by atoms with E-state index in [9.17, 15) is 0 Å². The second kappa shape index (κ2) is 4.42. The molecule has 88 valence electrons. The Labute approximate surface area is 93.6 Å². The summed E-state index contributed by atoms with van der Waals surface area (Å²) in [7, 11) is 0. The minimum atomic E-state index is 0.364. The zero-order valence-electron chi connectivity index (χ0n) is 10.2. The summed E-state index contributed by atoms with van der Waals surface area (Å²) in [6, 6.07) is 0.364. The van der Waals surface area contributed by atoms with Crippen LogP contribution in [0.1, 0.15) is 46.0 Å². The zero-order chi connectivity index (χ0) is 10.9. The highest BCUT2D eigenvalue weighted by atomic mass is 16.5. The summed E-state index contributed by atoms with van der Waals surface area (Å²) in [5.41, 5.74) is 6.90. The number of ether oxygens (including phenoxy) is 1. The van der Waals surface area contributed by atoms with E-state index in [-0.39, 0.29) is 0 Å². The van der Waals surface area contributed by atoms with Crippen LogP contribution in [0.4, 0.5) is 0 Å². The molecule has 1 aliphatic heterocycles. The van der Waals surface area contributed by atoms with Crippen LogP contribution in [0, 0.1) is 17.3 Å². The Morgan fingerprint density at radius 1 is 1.27 bits per heavy atom. The van der Waals surface area contributed by atoms with E-state index < -0.39 is 0 Å². The van der Waals surface area contributed by atoms with Gasteiger partial charge in [-0.1, -0.05) is 20.3 Å². The molecule has 1 heterocycles. The van der Waals surface area contributed by atoms with Crippen LogP contribution in [0.15, 0.2) is 0 Å². The van der Waals surface area contributed by atoms with Gasteiger partial charge in [0.25, 0.3) is 0 Å². The highest BCUT2D eigenvalue weighted by Crippen LogP contribution is 2.45. The van der Waals surface area contributed by atoms with E-state index in [1.54, 1.807) is 0 Å². The maximum absolute atomic E-state index is 6.45. The Balaban J connectivity index is 1.96. The van der Waals surface area contributed by atoms with E-state index in [0.29, 0.717) is 23.3 Å². The van der Waals surface area contributed by atoms with Crippen LogP contribution in [0.5, 0.6) is 0 Å². The third-order valence-electron chi connectivity index (χ3n) is 4.54. The molecule has 2 rings (SSSR count). The van der Waals surface area contributed by atoms with Crippen LogP contribution in [0.25, 0.3) is 0 Å². The molecule has 1 saturated carbocycles. The molecule has 0 amide bonds. The predicted octanol–water partition coefficient (Wildman–Crippen LogP) is 2.57. The molecule has 2 fully saturated rings. The second-order valence-electron chi connectivity index (χ2n) is 6.04. The van der Waals surface area contributed by atoms with E-state index in [2.05, 4.69) is 13.8 Å². The van der Waals surface area contributed by atoms with Crippen molar-refractivity contribution in [2.75, 3.05) is 13.2 Å². The van der Waals surface area contributed by atoms with Gasteiger partial charge in [0.2, 0.25) is 0 Å². The summed E-state index contributed by atoms with van der Waals surface area (Å²) < 4.78 is 5.55. The maximum Gasteiger partial charge on any atom is 0.0509 e. The predicted molar refractivity (Wildman–Crippen MR) is 62.6 cm³/mol. The van der Waals surface area contributed by atoms with Gasteiger partial charge >= 0.3 is 0 Å². The molecule has 15 heavy (non-hydrogen) atoms. The molecule has 2 aliphatic rings. The smallest absolute Gasteiger partial charge is 0.0509 e. The minimum Gasteiger partial charge on any atom is -0.381 e. The quantitative estimate of drug-likeness (QED) is 0.762. The molecule has 0 aromatic carbocycles. The molecule has 2 N–H and O–H groups in total. The second-order valence-corrected chi connectivity index (χ2v) is 6.04. The lowest BCUT2D eigenvalue weighted by Crippen LogP contribution is -2.45. The number of hydrogen-bond donors (Lipinski definition) is 1. The van der Waals surface area contributed by atoms with Gasteiger partial charge in [0.1, 0.15) is 0 Å². The summed E-state index contributed by atoms with van der Waals surface area (Å²) in [6.45, 7) is 6.60. The van der Waals surface area contributed by atoms with Gasteiger partial charge in [-0.15, -0.1) is 0 Å². The molecular formula is C13H25NO. The van der Waals surface area contributed by atoms with Gasteiger partial charge in [-0.25, -0.2) is 0 Å². The summed E-state index contributed by atoms with van der Waals surface area (Å²) in [6.07, 6.45) is 6.50. The van der Waals surface area contributed by atoms with Gasteiger partial charge in [-0.05, 0) is 42.9 Å². The summed E-state index contributed by atoms with van der Waals surface area (Å²) in [5, 5.41) is 0. The third kappa shape index (κ3) is 2.36. The fraction of sp³-hybridized carbons (Fsp3) is 1.00. The molecule has 0 radical (unpaired) electrons. The van der Waals surface area contributed by atoms with Gasteiger partial charge in [0, 0.05) is 12.6 Å². The van der Waals surface area contributed by atoms with Gasteiger partial charge in [-0.3, -0.25) is 0 Å². The lowest BCUT2D eigenvalue weighted by Gasteiger charge is -2.37. The molecule has 0 aromatic rings. The number of nitrogens with two attached hydrogens (primary N) is 1. The van der Waals surface area contributed by atoms with Crippen molar-refractivity contribution in [2.45, 2.75) is 52.0 Å². The van der Waals surface area contributed by atoms with Crippen molar-refractivity contribution in [1.82, 2.24) is 0 Å².